The van der Waals surface area contributed by atoms with E-state index in [2.05, 4.69) is 6.92 Å². The van der Waals surface area contributed by atoms with E-state index in [9.17, 15) is 4.79 Å². The van der Waals surface area contributed by atoms with Crippen LogP contribution in [0.15, 0.2) is 0 Å². The zero-order valence-corrected chi connectivity index (χ0v) is 9.66. The van der Waals surface area contributed by atoms with Crippen LogP contribution >= 0.6 is 0 Å². The topological polar surface area (TPSA) is 78.3 Å². The van der Waals surface area contributed by atoms with Crippen molar-refractivity contribution >= 4 is 5.91 Å². The Bertz CT molecular complexity index is 233. The summed E-state index contributed by atoms with van der Waals surface area (Å²) in [5.41, 5.74) is 10.7. The van der Waals surface area contributed by atoms with Crippen LogP contribution in [-0.4, -0.2) is 24.2 Å². The molecule has 88 valence electrons. The molecule has 15 heavy (non-hydrogen) atoms. The molecule has 3 atom stereocenters. The molecule has 1 saturated carbocycles. The maximum atomic E-state index is 11.1. The van der Waals surface area contributed by atoms with Crippen LogP contribution in [0.25, 0.3) is 0 Å². The normalized spacial score (nSPS) is 32.9. The van der Waals surface area contributed by atoms with E-state index in [0.29, 0.717) is 18.9 Å². The number of primary amides is 1. The lowest BCUT2D eigenvalue weighted by Crippen LogP contribution is -2.45. The molecule has 0 aromatic carbocycles. The molecule has 4 heteroatoms. The van der Waals surface area contributed by atoms with Gasteiger partial charge in [0.25, 0.3) is 0 Å². The highest BCUT2D eigenvalue weighted by atomic mass is 16.5. The molecule has 1 aliphatic carbocycles. The van der Waals surface area contributed by atoms with Gasteiger partial charge in [0.1, 0.15) is 6.10 Å². The Morgan fingerprint density at radius 2 is 2.33 bits per heavy atom. The quantitative estimate of drug-likeness (QED) is 0.710. The zero-order chi connectivity index (χ0) is 11.5. The average molecular weight is 214 g/mol. The molecule has 0 saturated heterocycles. The predicted molar refractivity (Wildman–Crippen MR) is 59.2 cm³/mol. The van der Waals surface area contributed by atoms with Gasteiger partial charge in [0.15, 0.2) is 0 Å². The third-order valence-corrected chi connectivity index (χ3v) is 3.27. The Balaban J connectivity index is 2.63. The van der Waals surface area contributed by atoms with Crippen LogP contribution < -0.4 is 11.5 Å². The van der Waals surface area contributed by atoms with Crippen LogP contribution in [0.2, 0.25) is 0 Å². The lowest BCUT2D eigenvalue weighted by atomic mass is 10.00. The van der Waals surface area contributed by atoms with Crippen LogP contribution in [-0.2, 0) is 9.53 Å². The minimum atomic E-state index is -0.487. The molecule has 0 aliphatic heterocycles. The molecule has 0 radical (unpaired) electrons. The van der Waals surface area contributed by atoms with E-state index in [1.165, 1.54) is 0 Å². The fourth-order valence-electron chi connectivity index (χ4n) is 2.33. The van der Waals surface area contributed by atoms with E-state index in [4.69, 9.17) is 16.2 Å². The average Bonchev–Trinajstić information content (AvgIpc) is 2.57. The van der Waals surface area contributed by atoms with Gasteiger partial charge in [0.05, 0.1) is 5.60 Å². The number of ether oxygens (including phenoxy) is 1. The molecular formula is C11H22N2O2. The second kappa shape index (κ2) is 4.94. The Kier molecular flexibility index (Phi) is 4.11. The third kappa shape index (κ3) is 2.92. The molecule has 0 bridgehead atoms. The second-order valence-corrected chi connectivity index (χ2v) is 4.65. The predicted octanol–water partition coefficient (Wildman–Crippen LogP) is 0.784. The molecule has 1 fully saturated rings. The largest absolute Gasteiger partial charge is 0.367 e. The van der Waals surface area contributed by atoms with E-state index in [1.54, 1.807) is 0 Å². The first-order chi connectivity index (χ1) is 7.03. The Hall–Kier alpha value is -0.610. The van der Waals surface area contributed by atoms with E-state index in [1.807, 2.05) is 6.92 Å². The van der Waals surface area contributed by atoms with Crippen LogP contribution in [0.3, 0.4) is 0 Å². The van der Waals surface area contributed by atoms with Crippen LogP contribution in [0.5, 0.6) is 0 Å². The number of hydrogen-bond donors (Lipinski definition) is 2. The summed E-state index contributed by atoms with van der Waals surface area (Å²) in [6.07, 6.45) is 3.12. The SMILES string of the molecule is CCC(OC1(CN)CCC(C)C1)C(N)=O. The summed E-state index contributed by atoms with van der Waals surface area (Å²) >= 11 is 0. The van der Waals surface area contributed by atoms with Crippen molar-refractivity contribution in [2.45, 2.75) is 51.2 Å². The number of rotatable bonds is 5. The van der Waals surface area contributed by atoms with Crippen molar-refractivity contribution in [3.8, 4) is 0 Å². The van der Waals surface area contributed by atoms with Crippen molar-refractivity contribution in [2.24, 2.45) is 17.4 Å². The second-order valence-electron chi connectivity index (χ2n) is 4.65. The standard InChI is InChI=1S/C11H22N2O2/c1-3-9(10(13)14)15-11(7-12)5-4-8(2)6-11/h8-9H,3-7,12H2,1-2H3,(H2,13,14). The fraction of sp³-hybridized carbons (Fsp3) is 0.909. The number of carbonyl (C=O) groups is 1. The van der Waals surface area contributed by atoms with E-state index < -0.39 is 6.10 Å². The minimum absolute atomic E-state index is 0.310. The maximum Gasteiger partial charge on any atom is 0.246 e. The van der Waals surface area contributed by atoms with E-state index in [0.717, 1.165) is 19.3 Å². The lowest BCUT2D eigenvalue weighted by Gasteiger charge is -2.31. The van der Waals surface area contributed by atoms with Gasteiger partial charge in [-0.3, -0.25) is 4.79 Å². The van der Waals surface area contributed by atoms with Gasteiger partial charge >= 0.3 is 0 Å². The number of carbonyl (C=O) groups excluding carboxylic acids is 1. The molecule has 1 aliphatic rings. The van der Waals surface area contributed by atoms with Crippen molar-refractivity contribution in [1.82, 2.24) is 0 Å². The molecule has 1 amide bonds. The summed E-state index contributed by atoms with van der Waals surface area (Å²) in [6, 6.07) is 0. The Morgan fingerprint density at radius 1 is 1.67 bits per heavy atom. The van der Waals surface area contributed by atoms with Gasteiger partial charge in [-0.05, 0) is 31.6 Å². The number of amides is 1. The van der Waals surface area contributed by atoms with Crippen molar-refractivity contribution in [2.75, 3.05) is 6.54 Å². The van der Waals surface area contributed by atoms with Crippen LogP contribution in [0, 0.1) is 5.92 Å². The van der Waals surface area contributed by atoms with Gasteiger partial charge in [0.2, 0.25) is 5.91 Å². The molecule has 1 rings (SSSR count). The first-order valence-electron chi connectivity index (χ1n) is 5.70. The Morgan fingerprint density at radius 3 is 2.67 bits per heavy atom. The summed E-state index contributed by atoms with van der Waals surface area (Å²) in [5.74, 6) is 0.240. The van der Waals surface area contributed by atoms with Gasteiger partial charge < -0.3 is 16.2 Å². The molecule has 0 aromatic heterocycles. The van der Waals surface area contributed by atoms with Gasteiger partial charge in [-0.2, -0.15) is 0 Å². The third-order valence-electron chi connectivity index (χ3n) is 3.27. The molecule has 0 heterocycles. The Labute approximate surface area is 91.3 Å². The molecule has 0 spiro atoms. The summed E-state index contributed by atoms with van der Waals surface area (Å²) in [6.45, 7) is 4.56. The molecule has 4 N–H and O–H groups in total. The lowest BCUT2D eigenvalue weighted by molar-refractivity contribution is -0.143. The first-order valence-corrected chi connectivity index (χ1v) is 5.70. The summed E-state index contributed by atoms with van der Waals surface area (Å²) in [5, 5.41) is 0. The van der Waals surface area contributed by atoms with Gasteiger partial charge in [-0.25, -0.2) is 0 Å². The first kappa shape index (κ1) is 12.5. The summed E-state index contributed by atoms with van der Waals surface area (Å²) in [7, 11) is 0. The smallest absolute Gasteiger partial charge is 0.246 e. The molecular weight excluding hydrogens is 192 g/mol. The van der Waals surface area contributed by atoms with Crippen molar-refractivity contribution in [3.05, 3.63) is 0 Å². The number of nitrogens with two attached hydrogens (primary N) is 2. The minimum Gasteiger partial charge on any atom is -0.367 e. The van der Waals surface area contributed by atoms with Crippen molar-refractivity contribution in [1.29, 1.82) is 0 Å². The van der Waals surface area contributed by atoms with Crippen molar-refractivity contribution in [3.63, 3.8) is 0 Å². The highest BCUT2D eigenvalue weighted by molar-refractivity contribution is 5.78. The van der Waals surface area contributed by atoms with Gasteiger partial charge in [0, 0.05) is 6.54 Å². The van der Waals surface area contributed by atoms with Crippen molar-refractivity contribution < 1.29 is 9.53 Å². The van der Waals surface area contributed by atoms with Gasteiger partial charge in [-0.1, -0.05) is 13.8 Å². The summed E-state index contributed by atoms with van der Waals surface area (Å²) in [4.78, 5) is 11.1. The zero-order valence-electron chi connectivity index (χ0n) is 9.66. The van der Waals surface area contributed by atoms with E-state index in [-0.39, 0.29) is 11.5 Å². The maximum absolute atomic E-state index is 11.1. The molecule has 4 nitrogen and oxygen atoms in total. The number of hydrogen-bond acceptors (Lipinski definition) is 3. The van der Waals surface area contributed by atoms with E-state index >= 15 is 0 Å². The molecule has 3 unspecified atom stereocenters. The monoisotopic (exact) mass is 214 g/mol. The summed E-state index contributed by atoms with van der Waals surface area (Å²) < 4.78 is 5.83. The van der Waals surface area contributed by atoms with Crippen LogP contribution in [0.1, 0.15) is 39.5 Å². The van der Waals surface area contributed by atoms with Gasteiger partial charge in [-0.15, -0.1) is 0 Å². The highest BCUT2D eigenvalue weighted by Gasteiger charge is 2.39. The van der Waals surface area contributed by atoms with Crippen LogP contribution in [0.4, 0.5) is 0 Å². The fourth-order valence-corrected chi connectivity index (χ4v) is 2.33. The highest BCUT2D eigenvalue weighted by Crippen LogP contribution is 2.37. The molecule has 0 aromatic rings.